The third-order valence-corrected chi connectivity index (χ3v) is 3.42. The van der Waals surface area contributed by atoms with E-state index < -0.39 is 0 Å². The van der Waals surface area contributed by atoms with Crippen molar-refractivity contribution in [3.63, 3.8) is 0 Å². The van der Waals surface area contributed by atoms with Crippen LogP contribution in [-0.2, 0) is 0 Å². The van der Waals surface area contributed by atoms with Gasteiger partial charge < -0.3 is 14.1 Å². The summed E-state index contributed by atoms with van der Waals surface area (Å²) >= 11 is 0. The lowest BCUT2D eigenvalue weighted by Crippen LogP contribution is -2.13. The van der Waals surface area contributed by atoms with Crippen molar-refractivity contribution in [2.45, 2.75) is 0 Å². The molecule has 0 spiro atoms. The molecule has 1 N–H and O–H groups in total. The summed E-state index contributed by atoms with van der Waals surface area (Å²) in [5, 5.41) is 2.72. The average molecular weight is 304 g/mol. The van der Waals surface area contributed by atoms with Gasteiger partial charge in [0, 0.05) is 24.2 Å². The molecule has 4 aromatic rings. The van der Waals surface area contributed by atoms with E-state index in [2.05, 4.69) is 15.3 Å². The summed E-state index contributed by atoms with van der Waals surface area (Å²) in [6.45, 7) is 0. The molecule has 0 fully saturated rings. The topological polar surface area (TPSA) is 72.4 Å². The minimum atomic E-state index is -0.361. The Balaban J connectivity index is 1.73. The van der Waals surface area contributed by atoms with Gasteiger partial charge in [-0.1, -0.05) is 30.3 Å². The maximum absolute atomic E-state index is 12.1. The number of amides is 1. The summed E-state index contributed by atoms with van der Waals surface area (Å²) in [5.41, 5.74) is 2.39. The molecule has 0 saturated carbocycles. The van der Waals surface area contributed by atoms with Gasteiger partial charge in [-0.2, -0.15) is 0 Å². The first-order valence-corrected chi connectivity index (χ1v) is 7.05. The fraction of sp³-hybridized carbons (Fsp3) is 0. The van der Waals surface area contributed by atoms with Gasteiger partial charge in [-0.25, -0.2) is 9.97 Å². The molecule has 0 saturated heterocycles. The summed E-state index contributed by atoms with van der Waals surface area (Å²) < 4.78 is 6.91. The van der Waals surface area contributed by atoms with Crippen molar-refractivity contribution in [1.82, 2.24) is 14.4 Å². The molecule has 6 heteroatoms. The zero-order valence-electron chi connectivity index (χ0n) is 12.0. The van der Waals surface area contributed by atoms with Gasteiger partial charge >= 0.3 is 0 Å². The minimum Gasteiger partial charge on any atom is -0.459 e. The number of nitrogens with one attached hydrogen (secondary N) is 1. The first-order chi connectivity index (χ1) is 11.3. The SMILES string of the molecule is O=C(Nc1nccn2cc(-c3ccccc3)nc12)c1ccco1. The van der Waals surface area contributed by atoms with E-state index in [1.807, 2.05) is 40.9 Å². The van der Waals surface area contributed by atoms with Crippen LogP contribution in [0.4, 0.5) is 5.82 Å². The van der Waals surface area contributed by atoms with Crippen LogP contribution in [0, 0.1) is 0 Å². The van der Waals surface area contributed by atoms with Crippen molar-refractivity contribution in [2.24, 2.45) is 0 Å². The Bertz CT molecular complexity index is 959. The molecule has 0 aliphatic rings. The Hall–Kier alpha value is -3.41. The van der Waals surface area contributed by atoms with Crippen LogP contribution < -0.4 is 5.32 Å². The lowest BCUT2D eigenvalue weighted by Gasteiger charge is -2.03. The highest BCUT2D eigenvalue weighted by Crippen LogP contribution is 2.21. The van der Waals surface area contributed by atoms with Crippen molar-refractivity contribution < 1.29 is 9.21 Å². The van der Waals surface area contributed by atoms with E-state index in [1.165, 1.54) is 6.26 Å². The summed E-state index contributed by atoms with van der Waals surface area (Å²) in [5.74, 6) is 0.250. The monoisotopic (exact) mass is 304 g/mol. The van der Waals surface area contributed by atoms with Gasteiger partial charge in [-0.05, 0) is 12.1 Å². The van der Waals surface area contributed by atoms with Crippen molar-refractivity contribution >= 4 is 17.4 Å². The Morgan fingerprint density at radius 1 is 1.13 bits per heavy atom. The van der Waals surface area contributed by atoms with Crippen LogP contribution in [0.5, 0.6) is 0 Å². The van der Waals surface area contributed by atoms with Gasteiger partial charge in [-0.15, -0.1) is 0 Å². The highest BCUT2D eigenvalue weighted by atomic mass is 16.3. The molecule has 3 heterocycles. The van der Waals surface area contributed by atoms with Crippen LogP contribution in [-0.4, -0.2) is 20.3 Å². The van der Waals surface area contributed by atoms with Gasteiger partial charge in [0.15, 0.2) is 17.2 Å². The van der Waals surface area contributed by atoms with E-state index in [0.717, 1.165) is 11.3 Å². The quantitative estimate of drug-likeness (QED) is 0.630. The van der Waals surface area contributed by atoms with Crippen molar-refractivity contribution in [3.8, 4) is 11.3 Å². The van der Waals surface area contributed by atoms with E-state index in [-0.39, 0.29) is 11.7 Å². The minimum absolute atomic E-state index is 0.226. The zero-order chi connectivity index (χ0) is 15.6. The lowest BCUT2D eigenvalue weighted by molar-refractivity contribution is 0.0996. The molecule has 112 valence electrons. The highest BCUT2D eigenvalue weighted by molar-refractivity contribution is 6.03. The molecular formula is C17H12N4O2. The Morgan fingerprint density at radius 2 is 2.00 bits per heavy atom. The first-order valence-electron chi connectivity index (χ1n) is 7.05. The van der Waals surface area contributed by atoms with Crippen LogP contribution in [0.3, 0.4) is 0 Å². The predicted octanol–water partition coefficient (Wildman–Crippen LogP) is 3.24. The Morgan fingerprint density at radius 3 is 2.78 bits per heavy atom. The molecule has 23 heavy (non-hydrogen) atoms. The van der Waals surface area contributed by atoms with Crippen LogP contribution in [0.1, 0.15) is 10.6 Å². The number of anilines is 1. The molecular weight excluding hydrogens is 292 g/mol. The van der Waals surface area contributed by atoms with Gasteiger partial charge in [0.25, 0.3) is 5.91 Å². The van der Waals surface area contributed by atoms with E-state index in [0.29, 0.717) is 11.5 Å². The zero-order valence-corrected chi connectivity index (χ0v) is 12.0. The van der Waals surface area contributed by atoms with Crippen LogP contribution >= 0.6 is 0 Å². The number of nitrogens with zero attached hydrogens (tertiary/aromatic N) is 3. The molecule has 0 bridgehead atoms. The molecule has 1 amide bonds. The van der Waals surface area contributed by atoms with Crippen LogP contribution in [0.15, 0.2) is 71.7 Å². The molecule has 0 radical (unpaired) electrons. The fourth-order valence-electron chi connectivity index (χ4n) is 2.33. The normalized spacial score (nSPS) is 10.8. The van der Waals surface area contributed by atoms with E-state index >= 15 is 0 Å². The van der Waals surface area contributed by atoms with E-state index in [9.17, 15) is 4.79 Å². The fourth-order valence-corrected chi connectivity index (χ4v) is 2.33. The standard InChI is InChI=1S/C17H12N4O2/c22-17(14-7-4-10-23-14)20-15-16-19-13(11-21(16)9-8-18-15)12-5-2-1-3-6-12/h1-11H,(H,18,20,22). The van der Waals surface area contributed by atoms with Gasteiger partial charge in [0.05, 0.1) is 12.0 Å². The Kier molecular flexibility index (Phi) is 3.12. The molecule has 0 atom stereocenters. The average Bonchev–Trinajstić information content (AvgIpc) is 3.26. The van der Waals surface area contributed by atoms with Crippen molar-refractivity contribution in [1.29, 1.82) is 0 Å². The third kappa shape index (κ3) is 2.46. The molecule has 3 aromatic heterocycles. The predicted molar refractivity (Wildman–Crippen MR) is 85.1 cm³/mol. The lowest BCUT2D eigenvalue weighted by atomic mass is 10.2. The summed E-state index contributed by atoms with van der Waals surface area (Å²) in [4.78, 5) is 20.9. The van der Waals surface area contributed by atoms with E-state index in [4.69, 9.17) is 4.42 Å². The maximum Gasteiger partial charge on any atom is 0.292 e. The third-order valence-electron chi connectivity index (χ3n) is 3.42. The van der Waals surface area contributed by atoms with Crippen LogP contribution in [0.25, 0.3) is 16.9 Å². The van der Waals surface area contributed by atoms with Gasteiger partial charge in [0.1, 0.15) is 0 Å². The summed E-state index contributed by atoms with van der Waals surface area (Å²) in [6, 6.07) is 13.1. The number of carbonyl (C=O) groups is 1. The molecule has 4 rings (SSSR count). The van der Waals surface area contributed by atoms with Crippen molar-refractivity contribution in [2.75, 3.05) is 5.32 Å². The molecule has 0 aliphatic heterocycles. The van der Waals surface area contributed by atoms with Gasteiger partial charge in [-0.3, -0.25) is 4.79 Å². The second-order valence-electron chi connectivity index (χ2n) is 4.93. The summed E-state index contributed by atoms with van der Waals surface area (Å²) in [7, 11) is 0. The molecule has 1 aromatic carbocycles. The first kappa shape index (κ1) is 13.3. The number of hydrogen-bond donors (Lipinski definition) is 1. The summed E-state index contributed by atoms with van der Waals surface area (Å²) in [6.07, 6.45) is 6.75. The van der Waals surface area contributed by atoms with E-state index in [1.54, 1.807) is 24.5 Å². The number of aromatic nitrogens is 3. The molecule has 0 aliphatic carbocycles. The molecule has 0 unspecified atom stereocenters. The highest BCUT2D eigenvalue weighted by Gasteiger charge is 2.14. The number of furan rings is 1. The number of imidazole rings is 1. The number of hydrogen-bond acceptors (Lipinski definition) is 4. The van der Waals surface area contributed by atoms with Crippen LogP contribution in [0.2, 0.25) is 0 Å². The smallest absolute Gasteiger partial charge is 0.292 e. The second kappa shape index (κ2) is 5.42. The number of carbonyl (C=O) groups excluding carboxylic acids is 1. The van der Waals surface area contributed by atoms with Gasteiger partial charge in [0.2, 0.25) is 0 Å². The maximum atomic E-state index is 12.1. The number of benzene rings is 1. The second-order valence-corrected chi connectivity index (χ2v) is 4.93. The number of fused-ring (bicyclic) bond motifs is 1. The Labute approximate surface area is 131 Å². The van der Waals surface area contributed by atoms with Crippen molar-refractivity contribution in [3.05, 3.63) is 73.1 Å². The molecule has 6 nitrogen and oxygen atoms in total. The largest absolute Gasteiger partial charge is 0.459 e. The number of rotatable bonds is 3.